The van der Waals surface area contributed by atoms with E-state index in [0.29, 0.717) is 5.69 Å². The first-order chi connectivity index (χ1) is 11.2. The Bertz CT molecular complexity index is 734. The van der Waals surface area contributed by atoms with Crippen LogP contribution in [0.4, 0.5) is 0 Å². The number of rotatable bonds is 6. The number of aliphatic carboxylic acids is 1. The van der Waals surface area contributed by atoms with Crippen LogP contribution in [0, 0.1) is 12.8 Å². The normalized spacial score (nSPS) is 13.5. The van der Waals surface area contributed by atoms with Crippen LogP contribution in [0.25, 0.3) is 11.3 Å². The van der Waals surface area contributed by atoms with Gasteiger partial charge in [-0.05, 0) is 19.8 Å². The molecule has 1 atom stereocenters. The maximum atomic E-state index is 12.4. The van der Waals surface area contributed by atoms with Gasteiger partial charge in [0.15, 0.2) is 0 Å². The van der Waals surface area contributed by atoms with Crippen LogP contribution in [0.2, 0.25) is 0 Å². The summed E-state index contributed by atoms with van der Waals surface area (Å²) in [5.41, 5.74) is 1.66. The Morgan fingerprint density at radius 1 is 1.29 bits per heavy atom. The van der Waals surface area contributed by atoms with Crippen LogP contribution in [0.15, 0.2) is 34.9 Å². The van der Waals surface area contributed by atoms with Gasteiger partial charge in [-0.25, -0.2) is 0 Å². The van der Waals surface area contributed by atoms with Crippen LogP contribution in [0.5, 0.6) is 0 Å². The fourth-order valence-electron chi connectivity index (χ4n) is 2.27. The van der Waals surface area contributed by atoms with E-state index in [1.54, 1.807) is 13.0 Å². The molecular weight excluding hydrogens is 308 g/mol. The zero-order valence-electron chi connectivity index (χ0n) is 14.3. The molecule has 0 fully saturated rings. The summed E-state index contributed by atoms with van der Waals surface area (Å²) in [7, 11) is 0. The summed E-state index contributed by atoms with van der Waals surface area (Å²) in [6, 6.07) is 9.26. The summed E-state index contributed by atoms with van der Waals surface area (Å²) in [6.45, 7) is 7.42. The van der Waals surface area contributed by atoms with Crippen LogP contribution in [0.3, 0.4) is 0 Å². The Hall–Kier alpha value is -2.63. The molecule has 2 rings (SSSR count). The van der Waals surface area contributed by atoms with Gasteiger partial charge in [0.2, 0.25) is 5.76 Å². The molecule has 6 nitrogen and oxygen atoms in total. The summed E-state index contributed by atoms with van der Waals surface area (Å²) in [5, 5.41) is 15.8. The van der Waals surface area contributed by atoms with E-state index in [2.05, 4.69) is 10.5 Å². The van der Waals surface area contributed by atoms with Gasteiger partial charge in [-0.2, -0.15) is 0 Å². The number of amides is 1. The Kier molecular flexibility index (Phi) is 5.07. The molecule has 0 saturated heterocycles. The van der Waals surface area contributed by atoms with E-state index in [0.717, 1.165) is 11.1 Å². The van der Waals surface area contributed by atoms with Crippen molar-refractivity contribution in [1.29, 1.82) is 0 Å². The highest BCUT2D eigenvalue weighted by atomic mass is 16.5. The lowest BCUT2D eigenvalue weighted by molar-refractivity contribution is -0.138. The Labute approximate surface area is 140 Å². The fraction of sp³-hybridized carbons (Fsp3) is 0.389. The monoisotopic (exact) mass is 330 g/mol. The summed E-state index contributed by atoms with van der Waals surface area (Å²) in [5.74, 6) is -1.44. The molecule has 128 valence electrons. The molecule has 0 spiro atoms. The number of carbonyl (C=O) groups is 2. The highest BCUT2D eigenvalue weighted by Gasteiger charge is 2.34. The second-order valence-corrected chi connectivity index (χ2v) is 6.54. The predicted molar refractivity (Wildman–Crippen MR) is 89.6 cm³/mol. The third kappa shape index (κ3) is 4.01. The van der Waals surface area contributed by atoms with Gasteiger partial charge in [0, 0.05) is 11.6 Å². The summed E-state index contributed by atoms with van der Waals surface area (Å²) in [4.78, 5) is 23.5. The first-order valence-electron chi connectivity index (χ1n) is 7.79. The van der Waals surface area contributed by atoms with E-state index in [4.69, 9.17) is 9.63 Å². The van der Waals surface area contributed by atoms with E-state index >= 15 is 0 Å². The molecule has 1 amide bonds. The Morgan fingerprint density at radius 2 is 1.92 bits per heavy atom. The van der Waals surface area contributed by atoms with Gasteiger partial charge in [-0.15, -0.1) is 0 Å². The number of nitrogens with one attached hydrogen (secondary N) is 1. The molecule has 0 aliphatic carbocycles. The molecule has 2 aromatic rings. The van der Waals surface area contributed by atoms with Crippen molar-refractivity contribution in [1.82, 2.24) is 10.5 Å². The molecule has 1 unspecified atom stereocenters. The third-order valence-electron chi connectivity index (χ3n) is 4.27. The molecule has 1 heterocycles. The van der Waals surface area contributed by atoms with E-state index in [1.807, 2.05) is 45.0 Å². The molecule has 6 heteroatoms. The average Bonchev–Trinajstić information content (AvgIpc) is 2.96. The number of hydrogen-bond acceptors (Lipinski definition) is 4. The predicted octanol–water partition coefficient (Wildman–Crippen LogP) is 3.27. The lowest BCUT2D eigenvalue weighted by Gasteiger charge is -2.32. The SMILES string of the molecule is Cc1ccc(-c2cc(C(=O)NC(C)(CC(=O)O)C(C)C)on2)cc1. The van der Waals surface area contributed by atoms with Gasteiger partial charge in [0.1, 0.15) is 5.69 Å². The Morgan fingerprint density at radius 3 is 2.46 bits per heavy atom. The first-order valence-corrected chi connectivity index (χ1v) is 7.79. The maximum Gasteiger partial charge on any atom is 0.305 e. The van der Waals surface area contributed by atoms with Crippen LogP contribution >= 0.6 is 0 Å². The highest BCUT2D eigenvalue weighted by molar-refractivity contribution is 5.93. The molecule has 0 radical (unpaired) electrons. The largest absolute Gasteiger partial charge is 0.481 e. The van der Waals surface area contributed by atoms with Crippen molar-refractivity contribution in [2.24, 2.45) is 5.92 Å². The number of benzene rings is 1. The van der Waals surface area contributed by atoms with Gasteiger partial charge < -0.3 is 14.9 Å². The van der Waals surface area contributed by atoms with Gasteiger partial charge in [-0.1, -0.05) is 48.8 Å². The second-order valence-electron chi connectivity index (χ2n) is 6.54. The number of nitrogens with zero attached hydrogens (tertiary/aromatic N) is 1. The summed E-state index contributed by atoms with van der Waals surface area (Å²) in [6.07, 6.45) is -0.171. The van der Waals surface area contributed by atoms with E-state index in [9.17, 15) is 9.59 Å². The van der Waals surface area contributed by atoms with Crippen LogP contribution in [-0.4, -0.2) is 27.7 Å². The van der Waals surface area contributed by atoms with Crippen LogP contribution < -0.4 is 5.32 Å². The molecule has 2 N–H and O–H groups in total. The minimum atomic E-state index is -0.968. The minimum absolute atomic E-state index is 0.0582. The Balaban J connectivity index is 2.18. The number of carboxylic acid groups (broad SMARTS) is 1. The van der Waals surface area contributed by atoms with Gasteiger partial charge in [0.25, 0.3) is 5.91 Å². The number of hydrogen-bond donors (Lipinski definition) is 2. The molecule has 0 saturated carbocycles. The average molecular weight is 330 g/mol. The molecular formula is C18H22N2O4. The van der Waals surface area contributed by atoms with E-state index in [1.165, 1.54) is 0 Å². The molecule has 0 aliphatic heterocycles. The standard InChI is InChI=1S/C18H22N2O4/c1-11(2)18(4,10-16(21)22)19-17(23)15-9-14(20-24-15)13-7-5-12(3)6-8-13/h5-9,11H,10H2,1-4H3,(H,19,23)(H,21,22). The van der Waals surface area contributed by atoms with Crippen molar-refractivity contribution in [3.05, 3.63) is 41.7 Å². The van der Waals surface area contributed by atoms with Crippen molar-refractivity contribution in [3.8, 4) is 11.3 Å². The summed E-state index contributed by atoms with van der Waals surface area (Å²) < 4.78 is 5.13. The minimum Gasteiger partial charge on any atom is -0.481 e. The van der Waals surface area contributed by atoms with Crippen LogP contribution in [-0.2, 0) is 4.79 Å². The number of carboxylic acids is 1. The van der Waals surface area contributed by atoms with Crippen molar-refractivity contribution in [2.45, 2.75) is 39.7 Å². The molecule has 1 aromatic heterocycles. The molecule has 0 aliphatic rings. The zero-order chi connectivity index (χ0) is 17.9. The van der Waals surface area contributed by atoms with E-state index in [-0.39, 0.29) is 18.1 Å². The fourth-order valence-corrected chi connectivity index (χ4v) is 2.27. The molecule has 1 aromatic carbocycles. The third-order valence-corrected chi connectivity index (χ3v) is 4.27. The van der Waals surface area contributed by atoms with Crippen molar-refractivity contribution < 1.29 is 19.2 Å². The van der Waals surface area contributed by atoms with Crippen LogP contribution in [0.1, 0.15) is 43.3 Å². The van der Waals surface area contributed by atoms with Gasteiger partial charge in [0.05, 0.1) is 12.0 Å². The lowest BCUT2D eigenvalue weighted by Crippen LogP contribution is -2.51. The highest BCUT2D eigenvalue weighted by Crippen LogP contribution is 2.23. The van der Waals surface area contributed by atoms with E-state index < -0.39 is 17.4 Å². The molecule has 0 bridgehead atoms. The number of carbonyl (C=O) groups excluding carboxylic acids is 1. The van der Waals surface area contributed by atoms with Crippen molar-refractivity contribution in [2.75, 3.05) is 0 Å². The first kappa shape index (κ1) is 17.7. The quantitative estimate of drug-likeness (QED) is 0.848. The maximum absolute atomic E-state index is 12.4. The lowest BCUT2D eigenvalue weighted by atomic mass is 9.85. The van der Waals surface area contributed by atoms with Gasteiger partial charge in [-0.3, -0.25) is 9.59 Å². The smallest absolute Gasteiger partial charge is 0.305 e. The molecule has 24 heavy (non-hydrogen) atoms. The zero-order valence-corrected chi connectivity index (χ0v) is 14.3. The van der Waals surface area contributed by atoms with Gasteiger partial charge >= 0.3 is 5.97 Å². The number of aryl methyl sites for hydroxylation is 1. The van der Waals surface area contributed by atoms with Crippen molar-refractivity contribution >= 4 is 11.9 Å². The van der Waals surface area contributed by atoms with Crippen molar-refractivity contribution in [3.63, 3.8) is 0 Å². The number of aromatic nitrogens is 1. The topological polar surface area (TPSA) is 92.4 Å². The summed E-state index contributed by atoms with van der Waals surface area (Å²) >= 11 is 0. The second kappa shape index (κ2) is 6.86.